The molecule has 0 saturated heterocycles. The van der Waals surface area contributed by atoms with E-state index in [1.165, 1.54) is 11.3 Å². The molecule has 0 saturated carbocycles. The summed E-state index contributed by atoms with van der Waals surface area (Å²) in [5.74, 6) is 1.57. The lowest BCUT2D eigenvalue weighted by molar-refractivity contribution is 0.425. The molecule has 2 aromatic heterocycles. The van der Waals surface area contributed by atoms with Gasteiger partial charge in [0.15, 0.2) is 5.82 Å². The van der Waals surface area contributed by atoms with Crippen molar-refractivity contribution in [1.82, 2.24) is 15.1 Å². The van der Waals surface area contributed by atoms with E-state index in [4.69, 9.17) is 10.3 Å². The van der Waals surface area contributed by atoms with Crippen molar-refractivity contribution in [3.63, 3.8) is 0 Å². The first-order chi connectivity index (χ1) is 10.2. The zero-order valence-corrected chi connectivity index (χ0v) is 12.0. The van der Waals surface area contributed by atoms with Crippen LogP contribution >= 0.6 is 11.3 Å². The van der Waals surface area contributed by atoms with Crippen LogP contribution in [-0.2, 0) is 0 Å². The summed E-state index contributed by atoms with van der Waals surface area (Å²) in [5, 5.41) is 10.3. The minimum Gasteiger partial charge on any atom is -0.383 e. The summed E-state index contributed by atoms with van der Waals surface area (Å²) in [6.45, 7) is 1.78. The van der Waals surface area contributed by atoms with Crippen molar-refractivity contribution in [1.29, 1.82) is 0 Å². The van der Waals surface area contributed by atoms with E-state index in [2.05, 4.69) is 25.7 Å². The van der Waals surface area contributed by atoms with Crippen molar-refractivity contribution >= 4 is 28.5 Å². The third-order valence-corrected chi connectivity index (χ3v) is 3.32. The second-order valence-corrected chi connectivity index (χ2v) is 5.08. The maximum atomic E-state index is 5.53. The number of nitrogens with two attached hydrogens (primary N) is 1. The third-order valence-electron chi connectivity index (χ3n) is 2.56. The first-order valence-electron chi connectivity index (χ1n) is 6.11. The molecule has 0 amide bonds. The van der Waals surface area contributed by atoms with Gasteiger partial charge in [-0.2, -0.15) is 10.1 Å². The molecule has 3 rings (SSSR count). The minimum absolute atomic E-state index is 0.478. The van der Waals surface area contributed by atoms with Crippen LogP contribution in [0.4, 0.5) is 10.9 Å². The van der Waals surface area contributed by atoms with Crippen LogP contribution < -0.4 is 11.2 Å². The lowest BCUT2D eigenvalue weighted by Gasteiger charge is -1.97. The second kappa shape index (κ2) is 5.71. The van der Waals surface area contributed by atoms with E-state index in [9.17, 15) is 0 Å². The van der Waals surface area contributed by atoms with Crippen LogP contribution in [0.15, 0.2) is 39.3 Å². The van der Waals surface area contributed by atoms with Crippen LogP contribution in [0.3, 0.4) is 0 Å². The molecule has 0 radical (unpaired) electrons. The van der Waals surface area contributed by atoms with Gasteiger partial charge in [0.25, 0.3) is 5.89 Å². The number of thiazole rings is 1. The molecule has 0 unspecified atom stereocenters. The molecule has 0 aliphatic rings. The van der Waals surface area contributed by atoms with Crippen molar-refractivity contribution in [2.45, 2.75) is 6.92 Å². The van der Waals surface area contributed by atoms with E-state index in [0.717, 1.165) is 11.1 Å². The van der Waals surface area contributed by atoms with Crippen LogP contribution in [0.5, 0.6) is 0 Å². The molecule has 2 heterocycles. The number of nitrogen functional groups attached to an aromatic ring is 1. The van der Waals surface area contributed by atoms with Crippen molar-refractivity contribution in [2.75, 3.05) is 11.2 Å². The Morgan fingerprint density at radius 1 is 1.38 bits per heavy atom. The highest BCUT2D eigenvalue weighted by Crippen LogP contribution is 2.18. The number of nitrogens with zero attached hydrogens (tertiary/aromatic N) is 4. The van der Waals surface area contributed by atoms with E-state index in [1.54, 1.807) is 18.5 Å². The molecule has 0 aliphatic carbocycles. The van der Waals surface area contributed by atoms with Gasteiger partial charge in [0, 0.05) is 10.9 Å². The SMILES string of the molecule is Cc1noc(-c2cccc(C=NNc3nc(N)cs3)c2)n1. The Kier molecular flexibility index (Phi) is 3.61. The summed E-state index contributed by atoms with van der Waals surface area (Å²) in [6, 6.07) is 7.64. The highest BCUT2D eigenvalue weighted by molar-refractivity contribution is 7.14. The number of benzene rings is 1. The number of rotatable bonds is 4. The summed E-state index contributed by atoms with van der Waals surface area (Å²) < 4.78 is 5.14. The summed E-state index contributed by atoms with van der Waals surface area (Å²) in [4.78, 5) is 8.24. The standard InChI is InChI=1S/C13H12N6OS/c1-8-16-12(20-19-8)10-4-2-3-9(5-10)6-15-18-13-17-11(14)7-21-13/h2-7H,14H2,1H3,(H,17,18). The molecular weight excluding hydrogens is 288 g/mol. The number of aromatic nitrogens is 3. The van der Waals surface area contributed by atoms with Gasteiger partial charge in [0.1, 0.15) is 5.82 Å². The summed E-state index contributed by atoms with van der Waals surface area (Å²) in [7, 11) is 0. The first kappa shape index (κ1) is 13.3. The van der Waals surface area contributed by atoms with Gasteiger partial charge >= 0.3 is 0 Å². The predicted molar refractivity (Wildman–Crippen MR) is 82.2 cm³/mol. The van der Waals surface area contributed by atoms with Gasteiger partial charge in [-0.1, -0.05) is 17.3 Å². The maximum Gasteiger partial charge on any atom is 0.257 e. The number of anilines is 2. The van der Waals surface area contributed by atoms with Crippen molar-refractivity contribution in [3.05, 3.63) is 41.0 Å². The fraction of sp³-hybridized carbons (Fsp3) is 0.0769. The average Bonchev–Trinajstić information content (AvgIpc) is 3.08. The molecular formula is C13H12N6OS. The highest BCUT2D eigenvalue weighted by atomic mass is 32.1. The van der Waals surface area contributed by atoms with Gasteiger partial charge in [0.2, 0.25) is 5.13 Å². The molecule has 0 bridgehead atoms. The van der Waals surface area contributed by atoms with E-state index >= 15 is 0 Å². The molecule has 0 atom stereocenters. The van der Waals surface area contributed by atoms with Crippen LogP contribution in [-0.4, -0.2) is 21.3 Å². The Hall–Kier alpha value is -2.74. The fourth-order valence-corrected chi connectivity index (χ4v) is 2.21. The number of hydrogen-bond acceptors (Lipinski definition) is 8. The van der Waals surface area contributed by atoms with E-state index in [0.29, 0.717) is 22.7 Å². The van der Waals surface area contributed by atoms with Gasteiger partial charge < -0.3 is 10.3 Å². The predicted octanol–water partition coefficient (Wildman–Crippen LogP) is 2.53. The van der Waals surface area contributed by atoms with Crippen LogP contribution in [0.25, 0.3) is 11.5 Å². The topological polar surface area (TPSA) is 102 Å². The van der Waals surface area contributed by atoms with Crippen molar-refractivity contribution in [3.8, 4) is 11.5 Å². The number of hydrogen-bond donors (Lipinski definition) is 2. The minimum atomic E-state index is 0.478. The summed E-state index contributed by atoms with van der Waals surface area (Å²) in [5.41, 5.74) is 10.1. The highest BCUT2D eigenvalue weighted by Gasteiger charge is 2.05. The summed E-state index contributed by atoms with van der Waals surface area (Å²) in [6.07, 6.45) is 1.68. The second-order valence-electron chi connectivity index (χ2n) is 4.22. The maximum absolute atomic E-state index is 5.53. The Morgan fingerprint density at radius 2 is 2.29 bits per heavy atom. The molecule has 8 heteroatoms. The number of nitrogens with one attached hydrogen (secondary N) is 1. The van der Waals surface area contributed by atoms with E-state index < -0.39 is 0 Å². The Morgan fingerprint density at radius 3 is 3.00 bits per heavy atom. The van der Waals surface area contributed by atoms with Gasteiger partial charge in [-0.15, -0.1) is 11.3 Å². The van der Waals surface area contributed by atoms with Crippen molar-refractivity contribution < 1.29 is 4.52 Å². The molecule has 3 aromatic rings. The zero-order valence-electron chi connectivity index (χ0n) is 11.1. The fourth-order valence-electron chi connectivity index (χ4n) is 1.67. The Balaban J connectivity index is 1.74. The van der Waals surface area contributed by atoms with Gasteiger partial charge in [-0.25, -0.2) is 4.98 Å². The molecule has 0 spiro atoms. The first-order valence-corrected chi connectivity index (χ1v) is 6.99. The third kappa shape index (κ3) is 3.23. The lowest BCUT2D eigenvalue weighted by atomic mass is 10.1. The Bertz CT molecular complexity index is 778. The molecule has 7 nitrogen and oxygen atoms in total. The number of aryl methyl sites for hydroxylation is 1. The largest absolute Gasteiger partial charge is 0.383 e. The van der Waals surface area contributed by atoms with E-state index in [1.807, 2.05) is 24.3 Å². The molecule has 1 aromatic carbocycles. The monoisotopic (exact) mass is 300 g/mol. The molecule has 0 fully saturated rings. The normalized spacial score (nSPS) is 11.1. The average molecular weight is 300 g/mol. The van der Waals surface area contributed by atoms with Crippen LogP contribution in [0, 0.1) is 6.92 Å². The number of hydrazone groups is 1. The lowest BCUT2D eigenvalue weighted by Crippen LogP contribution is -1.91. The molecule has 21 heavy (non-hydrogen) atoms. The zero-order chi connectivity index (χ0) is 14.7. The summed E-state index contributed by atoms with van der Waals surface area (Å²) >= 11 is 1.39. The van der Waals surface area contributed by atoms with E-state index in [-0.39, 0.29) is 0 Å². The quantitative estimate of drug-likeness (QED) is 0.567. The van der Waals surface area contributed by atoms with Crippen LogP contribution in [0.1, 0.15) is 11.4 Å². The van der Waals surface area contributed by atoms with Gasteiger partial charge in [0.05, 0.1) is 6.21 Å². The molecule has 3 N–H and O–H groups in total. The van der Waals surface area contributed by atoms with Gasteiger partial charge in [-0.3, -0.25) is 5.43 Å². The molecule has 0 aliphatic heterocycles. The van der Waals surface area contributed by atoms with Gasteiger partial charge in [-0.05, 0) is 24.6 Å². The van der Waals surface area contributed by atoms with Crippen LogP contribution in [0.2, 0.25) is 0 Å². The molecule has 106 valence electrons. The smallest absolute Gasteiger partial charge is 0.257 e. The van der Waals surface area contributed by atoms with Crippen molar-refractivity contribution in [2.24, 2.45) is 5.10 Å². The Labute approximate surface area is 124 Å².